The maximum atomic E-state index is 4.24. The molecule has 1 fully saturated rings. The number of imidazole rings is 1. The third-order valence-corrected chi connectivity index (χ3v) is 3.84. The summed E-state index contributed by atoms with van der Waals surface area (Å²) in [5, 5.41) is 3.52. The molecule has 1 aromatic rings. The smallest absolute Gasteiger partial charge is 0.0951 e. The second kappa shape index (κ2) is 5.73. The predicted molar refractivity (Wildman–Crippen MR) is 69.8 cm³/mol. The van der Waals surface area contributed by atoms with E-state index in [9.17, 15) is 0 Å². The van der Waals surface area contributed by atoms with E-state index in [-0.39, 0.29) is 0 Å². The first-order valence-corrected chi connectivity index (χ1v) is 7.41. The van der Waals surface area contributed by atoms with Crippen LogP contribution in [0.5, 0.6) is 0 Å². The lowest BCUT2D eigenvalue weighted by atomic mass is 10.2. The van der Waals surface area contributed by atoms with Crippen molar-refractivity contribution < 1.29 is 0 Å². The van der Waals surface area contributed by atoms with E-state index in [0.717, 1.165) is 25.0 Å². The minimum Gasteiger partial charge on any atom is -0.330 e. The van der Waals surface area contributed by atoms with E-state index in [1.165, 1.54) is 24.3 Å². The first-order valence-electron chi connectivity index (χ1n) is 6.01. The highest BCUT2D eigenvalue weighted by molar-refractivity contribution is 7.98. The van der Waals surface area contributed by atoms with Gasteiger partial charge in [0, 0.05) is 18.8 Å². The molecule has 2 rings (SSSR count). The number of nitrogens with zero attached hydrogens (tertiary/aromatic N) is 2. The molecular weight excluding hydrogens is 218 g/mol. The van der Waals surface area contributed by atoms with Crippen LogP contribution >= 0.6 is 11.8 Å². The number of rotatable bonds is 7. The van der Waals surface area contributed by atoms with Crippen molar-refractivity contribution >= 4 is 11.8 Å². The lowest BCUT2D eigenvalue weighted by molar-refractivity contribution is 0.541. The Labute approximate surface area is 102 Å². The van der Waals surface area contributed by atoms with Gasteiger partial charge in [-0.3, -0.25) is 0 Å². The molecule has 16 heavy (non-hydrogen) atoms. The van der Waals surface area contributed by atoms with Crippen LogP contribution in [-0.4, -0.2) is 28.1 Å². The minimum absolute atomic E-state index is 0.739. The molecule has 90 valence electrons. The van der Waals surface area contributed by atoms with Crippen molar-refractivity contribution in [2.24, 2.45) is 5.92 Å². The van der Waals surface area contributed by atoms with Gasteiger partial charge in [0.2, 0.25) is 0 Å². The zero-order valence-corrected chi connectivity index (χ0v) is 11.0. The van der Waals surface area contributed by atoms with Crippen LogP contribution in [0.3, 0.4) is 0 Å². The van der Waals surface area contributed by atoms with Crippen LogP contribution in [0.4, 0.5) is 0 Å². The number of hydrogen-bond donors (Lipinski definition) is 1. The summed E-state index contributed by atoms with van der Waals surface area (Å²) < 4.78 is 2.33. The zero-order chi connectivity index (χ0) is 11.4. The van der Waals surface area contributed by atoms with Crippen molar-refractivity contribution in [2.45, 2.75) is 32.4 Å². The largest absolute Gasteiger partial charge is 0.330 e. The van der Waals surface area contributed by atoms with Crippen LogP contribution in [0.15, 0.2) is 12.5 Å². The molecule has 0 aromatic carbocycles. The van der Waals surface area contributed by atoms with Crippen molar-refractivity contribution in [3.63, 3.8) is 0 Å². The summed E-state index contributed by atoms with van der Waals surface area (Å²) in [7, 11) is 0. The molecule has 1 aliphatic carbocycles. The third-order valence-electron chi connectivity index (χ3n) is 2.94. The van der Waals surface area contributed by atoms with Crippen molar-refractivity contribution in [1.29, 1.82) is 0 Å². The van der Waals surface area contributed by atoms with E-state index in [0.29, 0.717) is 0 Å². The quantitative estimate of drug-likeness (QED) is 0.792. The predicted octanol–water partition coefficient (Wildman–Crippen LogP) is 2.31. The maximum absolute atomic E-state index is 4.24. The number of thioether (sulfide) groups is 1. The summed E-state index contributed by atoms with van der Waals surface area (Å²) in [6.45, 7) is 4.34. The highest BCUT2D eigenvalue weighted by atomic mass is 32.2. The fourth-order valence-electron chi connectivity index (χ4n) is 1.94. The summed E-state index contributed by atoms with van der Waals surface area (Å²) in [5.41, 5.74) is 1.33. The van der Waals surface area contributed by atoms with Crippen molar-refractivity contribution in [1.82, 2.24) is 14.9 Å². The Kier molecular flexibility index (Phi) is 4.29. The molecule has 0 bridgehead atoms. The summed E-state index contributed by atoms with van der Waals surface area (Å²) in [6.07, 6.45) is 8.78. The Hall–Kier alpha value is -0.480. The topological polar surface area (TPSA) is 29.9 Å². The monoisotopic (exact) mass is 239 g/mol. The highest BCUT2D eigenvalue weighted by Gasteiger charge is 2.24. The van der Waals surface area contributed by atoms with Crippen LogP contribution in [0.1, 0.15) is 31.5 Å². The van der Waals surface area contributed by atoms with Crippen molar-refractivity contribution in [2.75, 3.05) is 18.6 Å². The summed E-state index contributed by atoms with van der Waals surface area (Å²) >= 11 is 1.92. The Morgan fingerprint density at radius 3 is 3.12 bits per heavy atom. The number of hydrogen-bond acceptors (Lipinski definition) is 3. The van der Waals surface area contributed by atoms with Crippen LogP contribution in [0.25, 0.3) is 0 Å². The third kappa shape index (κ3) is 3.25. The van der Waals surface area contributed by atoms with E-state index in [2.05, 4.69) is 28.0 Å². The average molecular weight is 239 g/mol. The average Bonchev–Trinajstić information content (AvgIpc) is 3.00. The molecular formula is C12H21N3S. The summed E-state index contributed by atoms with van der Waals surface area (Å²) in [6, 6.07) is 0.739. The lowest BCUT2D eigenvalue weighted by Gasteiger charge is -2.12. The molecule has 4 heteroatoms. The van der Waals surface area contributed by atoms with E-state index < -0.39 is 0 Å². The van der Waals surface area contributed by atoms with Gasteiger partial charge in [0.05, 0.1) is 12.0 Å². The van der Waals surface area contributed by atoms with Gasteiger partial charge >= 0.3 is 0 Å². The van der Waals surface area contributed by atoms with Crippen molar-refractivity contribution in [3.05, 3.63) is 18.2 Å². The molecule has 0 aliphatic heterocycles. The molecule has 1 saturated carbocycles. The molecule has 1 heterocycles. The van der Waals surface area contributed by atoms with Gasteiger partial charge in [-0.15, -0.1) is 0 Å². The van der Waals surface area contributed by atoms with Crippen LogP contribution in [0, 0.1) is 5.92 Å². The Bertz CT molecular complexity index is 320. The molecule has 1 aliphatic rings. The Morgan fingerprint density at radius 1 is 1.62 bits per heavy atom. The van der Waals surface area contributed by atoms with Gasteiger partial charge in [0.1, 0.15) is 0 Å². The first kappa shape index (κ1) is 12.0. The molecule has 3 nitrogen and oxygen atoms in total. The number of nitrogens with one attached hydrogen (secondary N) is 1. The van der Waals surface area contributed by atoms with Crippen molar-refractivity contribution in [3.8, 4) is 0 Å². The van der Waals surface area contributed by atoms with Crippen LogP contribution in [-0.2, 0) is 6.54 Å². The fourth-order valence-corrected chi connectivity index (χ4v) is 2.63. The summed E-state index contributed by atoms with van der Waals surface area (Å²) in [4.78, 5) is 4.24. The van der Waals surface area contributed by atoms with E-state index in [4.69, 9.17) is 0 Å². The van der Waals surface area contributed by atoms with E-state index in [1.54, 1.807) is 0 Å². The van der Waals surface area contributed by atoms with Crippen LogP contribution in [0.2, 0.25) is 0 Å². The van der Waals surface area contributed by atoms with Gasteiger partial charge in [-0.05, 0) is 37.3 Å². The maximum Gasteiger partial charge on any atom is 0.0951 e. The van der Waals surface area contributed by atoms with Gasteiger partial charge in [0.25, 0.3) is 0 Å². The highest BCUT2D eigenvalue weighted by Crippen LogP contribution is 2.35. The van der Waals surface area contributed by atoms with E-state index >= 15 is 0 Å². The molecule has 1 aromatic heterocycles. The second-order valence-corrected chi connectivity index (χ2v) is 5.63. The molecule has 0 spiro atoms. The number of aromatic nitrogens is 2. The van der Waals surface area contributed by atoms with Gasteiger partial charge in [-0.1, -0.05) is 6.92 Å². The molecule has 0 amide bonds. The molecule has 1 N–H and O–H groups in total. The molecule has 1 unspecified atom stereocenters. The SMILES string of the molecule is CSCC(C)CNCc1cncn1C1CC1. The minimum atomic E-state index is 0.739. The van der Waals surface area contributed by atoms with Crippen LogP contribution < -0.4 is 5.32 Å². The molecule has 0 radical (unpaired) electrons. The normalized spacial score (nSPS) is 17.6. The summed E-state index contributed by atoms with van der Waals surface area (Å²) in [5.74, 6) is 1.97. The van der Waals surface area contributed by atoms with Gasteiger partial charge in [-0.2, -0.15) is 11.8 Å². The molecule has 1 atom stereocenters. The first-order chi connectivity index (χ1) is 7.81. The molecule has 0 saturated heterocycles. The second-order valence-electron chi connectivity index (χ2n) is 4.71. The zero-order valence-electron chi connectivity index (χ0n) is 10.1. The lowest BCUT2D eigenvalue weighted by Crippen LogP contribution is -2.23. The van der Waals surface area contributed by atoms with Gasteiger partial charge in [0.15, 0.2) is 0 Å². The van der Waals surface area contributed by atoms with Gasteiger partial charge in [-0.25, -0.2) is 4.98 Å². The van der Waals surface area contributed by atoms with Gasteiger partial charge < -0.3 is 9.88 Å². The Balaban J connectivity index is 1.74. The fraction of sp³-hybridized carbons (Fsp3) is 0.750. The Morgan fingerprint density at radius 2 is 2.44 bits per heavy atom. The standard InChI is InChI=1S/C12H21N3S/c1-10(8-16-2)5-13-6-12-7-14-9-15(12)11-3-4-11/h7,9-11,13H,3-6,8H2,1-2H3. The van der Waals surface area contributed by atoms with E-state index in [1.807, 2.05) is 24.3 Å².